The molecule has 1 amide bonds. The van der Waals surface area contributed by atoms with Crippen LogP contribution in [0.25, 0.3) is 0 Å². The fraction of sp³-hybridized carbons (Fsp3) is 0.370. The number of aromatic nitrogens is 2. The average Bonchev–Trinajstić information content (AvgIpc) is 2.85. The van der Waals surface area contributed by atoms with Crippen molar-refractivity contribution in [1.29, 1.82) is 0 Å². The van der Waals surface area contributed by atoms with Crippen molar-refractivity contribution < 1.29 is 9.53 Å². The van der Waals surface area contributed by atoms with E-state index in [9.17, 15) is 4.79 Å². The Balaban J connectivity index is 1.47. The summed E-state index contributed by atoms with van der Waals surface area (Å²) in [4.78, 5) is 29.5. The molecule has 1 aromatic heterocycles. The van der Waals surface area contributed by atoms with E-state index in [4.69, 9.17) is 14.7 Å². The van der Waals surface area contributed by atoms with E-state index in [-0.39, 0.29) is 5.91 Å². The third-order valence-corrected chi connectivity index (χ3v) is 6.58. The number of benzene rings is 2. The van der Waals surface area contributed by atoms with Crippen molar-refractivity contribution >= 4 is 11.9 Å². The minimum absolute atomic E-state index is 0.0266. The molecule has 5 rings (SSSR count). The summed E-state index contributed by atoms with van der Waals surface area (Å²) in [5, 5.41) is 0. The molecule has 7 nitrogen and oxygen atoms in total. The third-order valence-electron chi connectivity index (χ3n) is 6.58. The second-order valence-corrected chi connectivity index (χ2v) is 9.31. The Morgan fingerprint density at radius 1 is 0.912 bits per heavy atom. The van der Waals surface area contributed by atoms with E-state index in [1.165, 1.54) is 5.56 Å². The Morgan fingerprint density at radius 3 is 2.41 bits per heavy atom. The van der Waals surface area contributed by atoms with Crippen LogP contribution < -0.4 is 9.64 Å². The zero-order chi connectivity index (χ0) is 23.7. The molecule has 0 atom stereocenters. The Kier molecular flexibility index (Phi) is 6.20. The number of carbonyl (C=O) groups is 1. The molecule has 3 aromatic rings. The van der Waals surface area contributed by atoms with Gasteiger partial charge in [0.05, 0.1) is 17.8 Å². The number of fused-ring (bicyclic) bond motifs is 1. The first kappa shape index (κ1) is 22.3. The van der Waals surface area contributed by atoms with E-state index in [0.29, 0.717) is 36.9 Å². The van der Waals surface area contributed by atoms with E-state index in [2.05, 4.69) is 23.8 Å². The highest BCUT2D eigenvalue weighted by molar-refractivity contribution is 5.94. The number of hydrogen-bond acceptors (Lipinski definition) is 6. The molecular formula is C27H31N5O2. The van der Waals surface area contributed by atoms with Gasteiger partial charge in [-0.2, -0.15) is 4.98 Å². The van der Waals surface area contributed by atoms with Gasteiger partial charge in [-0.1, -0.05) is 35.4 Å². The summed E-state index contributed by atoms with van der Waals surface area (Å²) in [7, 11) is 2.14. The Hall–Kier alpha value is -3.45. The van der Waals surface area contributed by atoms with Crippen LogP contribution in [0.3, 0.4) is 0 Å². The molecular weight excluding hydrogens is 426 g/mol. The number of likely N-dealkylation sites (N-methyl/N-ethyl adjacent to an activating group) is 1. The minimum Gasteiger partial charge on any atom is -0.438 e. The molecule has 2 aliphatic heterocycles. The molecule has 7 heteroatoms. The zero-order valence-electron chi connectivity index (χ0n) is 20.1. The molecule has 2 aromatic carbocycles. The van der Waals surface area contributed by atoms with Gasteiger partial charge in [0.2, 0.25) is 11.8 Å². The molecule has 0 N–H and O–H groups in total. The fourth-order valence-electron chi connectivity index (χ4n) is 4.46. The molecule has 176 valence electrons. The molecule has 34 heavy (non-hydrogen) atoms. The largest absolute Gasteiger partial charge is 0.438 e. The van der Waals surface area contributed by atoms with Gasteiger partial charge >= 0.3 is 0 Å². The van der Waals surface area contributed by atoms with Crippen molar-refractivity contribution in [3.63, 3.8) is 0 Å². The number of hydrogen-bond donors (Lipinski definition) is 0. The van der Waals surface area contributed by atoms with Crippen molar-refractivity contribution in [2.24, 2.45) is 0 Å². The summed E-state index contributed by atoms with van der Waals surface area (Å²) in [6, 6.07) is 15.7. The lowest BCUT2D eigenvalue weighted by Gasteiger charge is -2.34. The Bertz CT molecular complexity index is 1190. The van der Waals surface area contributed by atoms with Gasteiger partial charge in [0.25, 0.3) is 5.91 Å². The molecule has 0 radical (unpaired) electrons. The standard InChI is InChI=1S/C27H31N5O2/c1-19-7-9-22(10-8-19)34-25-23-18-32(26(33)21-6-4-5-20(2)17-21)12-11-24(23)28-27(29-25)31-15-13-30(3)14-16-31/h4-10,17H,11-16,18H2,1-3H3. The van der Waals surface area contributed by atoms with E-state index < -0.39 is 0 Å². The minimum atomic E-state index is 0.0266. The van der Waals surface area contributed by atoms with Crippen molar-refractivity contribution in [2.45, 2.75) is 26.8 Å². The van der Waals surface area contributed by atoms with Crippen LogP contribution in [0.4, 0.5) is 5.95 Å². The van der Waals surface area contributed by atoms with Crippen LogP contribution in [0.2, 0.25) is 0 Å². The maximum absolute atomic E-state index is 13.2. The number of nitrogens with zero attached hydrogens (tertiary/aromatic N) is 5. The highest BCUT2D eigenvalue weighted by Gasteiger charge is 2.29. The molecule has 0 bridgehead atoms. The molecule has 1 saturated heterocycles. The summed E-state index contributed by atoms with van der Waals surface area (Å²) in [5.41, 5.74) is 4.82. The first-order valence-corrected chi connectivity index (χ1v) is 11.9. The van der Waals surface area contributed by atoms with Crippen molar-refractivity contribution in [3.8, 4) is 11.6 Å². The molecule has 1 fully saturated rings. The van der Waals surface area contributed by atoms with Crippen molar-refractivity contribution in [3.05, 3.63) is 76.5 Å². The number of aryl methyl sites for hydroxylation is 2. The maximum Gasteiger partial charge on any atom is 0.254 e. The van der Waals surface area contributed by atoms with Crippen LogP contribution >= 0.6 is 0 Å². The maximum atomic E-state index is 13.2. The van der Waals surface area contributed by atoms with Crippen molar-refractivity contribution in [1.82, 2.24) is 19.8 Å². The number of anilines is 1. The second kappa shape index (κ2) is 9.43. The summed E-state index contributed by atoms with van der Waals surface area (Å²) >= 11 is 0. The number of carbonyl (C=O) groups excluding carboxylic acids is 1. The second-order valence-electron chi connectivity index (χ2n) is 9.31. The van der Waals surface area contributed by atoms with Crippen LogP contribution in [0.15, 0.2) is 48.5 Å². The molecule has 0 saturated carbocycles. The van der Waals surface area contributed by atoms with E-state index in [1.807, 2.05) is 60.4 Å². The third kappa shape index (κ3) is 4.75. The van der Waals surface area contributed by atoms with E-state index in [1.54, 1.807) is 0 Å². The quantitative estimate of drug-likeness (QED) is 0.593. The van der Waals surface area contributed by atoms with Gasteiger partial charge in [-0.05, 0) is 45.2 Å². The number of piperazine rings is 1. The smallest absolute Gasteiger partial charge is 0.254 e. The topological polar surface area (TPSA) is 61.8 Å². The highest BCUT2D eigenvalue weighted by Crippen LogP contribution is 2.32. The van der Waals surface area contributed by atoms with Crippen molar-refractivity contribution in [2.75, 3.05) is 44.7 Å². The van der Waals surface area contributed by atoms with E-state index in [0.717, 1.165) is 48.7 Å². The van der Waals surface area contributed by atoms with Crippen LogP contribution in [0.1, 0.15) is 32.7 Å². The molecule has 0 aliphatic carbocycles. The van der Waals surface area contributed by atoms with Gasteiger partial charge in [-0.3, -0.25) is 4.79 Å². The molecule has 2 aliphatic rings. The molecule has 3 heterocycles. The van der Waals surface area contributed by atoms with Gasteiger partial charge in [-0.25, -0.2) is 4.98 Å². The van der Waals surface area contributed by atoms with Crippen LogP contribution in [0.5, 0.6) is 11.6 Å². The van der Waals surface area contributed by atoms with Gasteiger partial charge in [-0.15, -0.1) is 0 Å². The van der Waals surface area contributed by atoms with Gasteiger partial charge < -0.3 is 19.4 Å². The Labute approximate surface area is 201 Å². The van der Waals surface area contributed by atoms with Gasteiger partial charge in [0, 0.05) is 44.7 Å². The summed E-state index contributed by atoms with van der Waals surface area (Å²) in [5.74, 6) is 2.02. The van der Waals surface area contributed by atoms with Crippen LogP contribution in [-0.2, 0) is 13.0 Å². The number of ether oxygens (including phenoxy) is 1. The summed E-state index contributed by atoms with van der Waals surface area (Å²) in [6.07, 6.45) is 0.681. The number of rotatable bonds is 4. The lowest BCUT2D eigenvalue weighted by molar-refractivity contribution is 0.0732. The predicted molar refractivity (Wildman–Crippen MR) is 133 cm³/mol. The molecule has 0 spiro atoms. The normalized spacial score (nSPS) is 16.3. The summed E-state index contributed by atoms with van der Waals surface area (Å²) < 4.78 is 6.31. The molecule has 0 unspecified atom stereocenters. The SMILES string of the molecule is Cc1ccc(Oc2nc(N3CCN(C)CC3)nc3c2CN(C(=O)c2cccc(C)c2)CC3)cc1. The zero-order valence-corrected chi connectivity index (χ0v) is 20.1. The first-order valence-electron chi connectivity index (χ1n) is 11.9. The lowest BCUT2D eigenvalue weighted by atomic mass is 10.0. The lowest BCUT2D eigenvalue weighted by Crippen LogP contribution is -2.45. The van der Waals surface area contributed by atoms with E-state index >= 15 is 0 Å². The fourth-order valence-corrected chi connectivity index (χ4v) is 4.46. The van der Waals surface area contributed by atoms with Gasteiger partial charge in [0.15, 0.2) is 0 Å². The highest BCUT2D eigenvalue weighted by atomic mass is 16.5. The first-order chi connectivity index (χ1) is 16.5. The number of amides is 1. The predicted octanol–water partition coefficient (Wildman–Crippen LogP) is 3.84. The van der Waals surface area contributed by atoms with Gasteiger partial charge in [0.1, 0.15) is 5.75 Å². The monoisotopic (exact) mass is 457 g/mol. The van der Waals surface area contributed by atoms with Crippen LogP contribution in [-0.4, -0.2) is 65.4 Å². The average molecular weight is 458 g/mol. The summed E-state index contributed by atoms with van der Waals surface area (Å²) in [6.45, 7) is 8.85. The van der Waals surface area contributed by atoms with Crippen LogP contribution in [0, 0.1) is 13.8 Å². The Morgan fingerprint density at radius 2 is 1.68 bits per heavy atom.